The van der Waals surface area contributed by atoms with Crippen LogP contribution in [0.5, 0.6) is 0 Å². The number of methoxy groups -OCH3 is 1. The van der Waals surface area contributed by atoms with Crippen LogP contribution >= 0.6 is 0 Å². The predicted octanol–water partition coefficient (Wildman–Crippen LogP) is 1.61. The van der Waals surface area contributed by atoms with Crippen LogP contribution in [0.1, 0.15) is 16.8 Å². The van der Waals surface area contributed by atoms with E-state index in [2.05, 4.69) is 4.74 Å². The third-order valence-corrected chi connectivity index (χ3v) is 1.83. The van der Waals surface area contributed by atoms with Crippen LogP contribution in [0.4, 0.5) is 4.39 Å². The third-order valence-electron chi connectivity index (χ3n) is 1.83. The highest BCUT2D eigenvalue weighted by Gasteiger charge is 2.11. The van der Waals surface area contributed by atoms with Crippen molar-refractivity contribution in [1.82, 2.24) is 0 Å². The van der Waals surface area contributed by atoms with Gasteiger partial charge in [0.1, 0.15) is 12.4 Å². The number of rotatable bonds is 5. The van der Waals surface area contributed by atoms with Gasteiger partial charge >= 0.3 is 0 Å². The van der Waals surface area contributed by atoms with E-state index in [1.807, 2.05) is 0 Å². The molecule has 0 amide bonds. The van der Waals surface area contributed by atoms with Crippen molar-refractivity contribution in [2.75, 3.05) is 13.7 Å². The third kappa shape index (κ3) is 3.59. The molecule has 0 saturated heterocycles. The summed E-state index contributed by atoms with van der Waals surface area (Å²) in [5, 5.41) is 0. The molecule has 15 heavy (non-hydrogen) atoms. The van der Waals surface area contributed by atoms with Crippen molar-refractivity contribution >= 4 is 11.6 Å². The van der Waals surface area contributed by atoms with Crippen molar-refractivity contribution in [2.24, 2.45) is 0 Å². The molecule has 0 aliphatic rings. The molecule has 0 radical (unpaired) electrons. The van der Waals surface area contributed by atoms with Crippen LogP contribution in [0.15, 0.2) is 24.3 Å². The number of hydrogen-bond acceptors (Lipinski definition) is 3. The fourth-order valence-electron chi connectivity index (χ4n) is 1.13. The fourth-order valence-corrected chi connectivity index (χ4v) is 1.13. The lowest BCUT2D eigenvalue weighted by Gasteiger charge is -2.00. The minimum atomic E-state index is -0.408. The summed E-state index contributed by atoms with van der Waals surface area (Å²) >= 11 is 0. The van der Waals surface area contributed by atoms with E-state index < -0.39 is 5.82 Å². The van der Waals surface area contributed by atoms with Crippen LogP contribution < -0.4 is 0 Å². The fraction of sp³-hybridized carbons (Fsp3) is 0.273. The molecule has 3 nitrogen and oxygen atoms in total. The topological polar surface area (TPSA) is 43.4 Å². The predicted molar refractivity (Wildman–Crippen MR) is 52.2 cm³/mol. The average molecular weight is 210 g/mol. The van der Waals surface area contributed by atoms with Crippen LogP contribution in [-0.2, 0) is 9.53 Å². The summed E-state index contributed by atoms with van der Waals surface area (Å²) in [6, 6.07) is 5.09. The van der Waals surface area contributed by atoms with Gasteiger partial charge in [-0.05, 0) is 24.3 Å². The minimum absolute atomic E-state index is 0.0765. The number of halogens is 1. The first-order chi connectivity index (χ1) is 7.13. The Hall–Kier alpha value is -1.55. The maximum absolute atomic E-state index is 12.5. The van der Waals surface area contributed by atoms with Gasteiger partial charge < -0.3 is 4.74 Å². The Balaban J connectivity index is 2.61. The molecule has 0 aliphatic carbocycles. The Morgan fingerprint density at radius 2 is 1.87 bits per heavy atom. The zero-order chi connectivity index (χ0) is 11.3. The second kappa shape index (κ2) is 5.36. The van der Waals surface area contributed by atoms with Gasteiger partial charge in [-0.3, -0.25) is 9.59 Å². The first kappa shape index (κ1) is 11.5. The number of carbonyl (C=O) groups excluding carboxylic acids is 2. The molecule has 0 unspecified atom stereocenters. The normalized spacial score (nSPS) is 10.0. The Morgan fingerprint density at radius 3 is 2.40 bits per heavy atom. The Bertz CT molecular complexity index is 357. The van der Waals surface area contributed by atoms with Crippen LogP contribution in [0, 0.1) is 5.82 Å². The lowest BCUT2D eigenvalue weighted by atomic mass is 10.1. The van der Waals surface area contributed by atoms with Gasteiger partial charge in [0.25, 0.3) is 0 Å². The molecule has 0 heterocycles. The van der Waals surface area contributed by atoms with Crippen LogP contribution in [-0.4, -0.2) is 25.3 Å². The van der Waals surface area contributed by atoms with Crippen molar-refractivity contribution in [3.05, 3.63) is 35.6 Å². The van der Waals surface area contributed by atoms with Gasteiger partial charge in [-0.1, -0.05) is 0 Å². The van der Waals surface area contributed by atoms with E-state index in [-0.39, 0.29) is 24.6 Å². The molecule has 1 aromatic rings. The summed E-state index contributed by atoms with van der Waals surface area (Å²) < 4.78 is 17.1. The zero-order valence-electron chi connectivity index (χ0n) is 8.33. The lowest BCUT2D eigenvalue weighted by molar-refractivity contribution is -0.121. The minimum Gasteiger partial charge on any atom is -0.377 e. The highest BCUT2D eigenvalue weighted by atomic mass is 19.1. The monoisotopic (exact) mass is 210 g/mol. The van der Waals surface area contributed by atoms with Gasteiger partial charge in [0, 0.05) is 12.7 Å². The van der Waals surface area contributed by atoms with Crippen molar-refractivity contribution in [2.45, 2.75) is 6.42 Å². The number of Topliss-reactive ketones (excluding diaryl/α,β-unsaturated/α-hetero) is 2. The summed E-state index contributed by atoms with van der Waals surface area (Å²) in [6.45, 7) is -0.0765. The number of ketones is 2. The van der Waals surface area contributed by atoms with Gasteiger partial charge in [0.2, 0.25) is 0 Å². The van der Waals surface area contributed by atoms with Crippen LogP contribution in [0.3, 0.4) is 0 Å². The molecule has 0 aromatic heterocycles. The van der Waals surface area contributed by atoms with Gasteiger partial charge in [-0.15, -0.1) is 0 Å². The van der Waals surface area contributed by atoms with E-state index in [9.17, 15) is 14.0 Å². The van der Waals surface area contributed by atoms with Crippen molar-refractivity contribution in [3.63, 3.8) is 0 Å². The summed E-state index contributed by atoms with van der Waals surface area (Å²) in [4.78, 5) is 22.5. The first-order valence-electron chi connectivity index (χ1n) is 4.43. The summed E-state index contributed by atoms with van der Waals surface area (Å²) in [7, 11) is 1.39. The Kier molecular flexibility index (Phi) is 4.12. The molecular weight excluding hydrogens is 199 g/mol. The first-order valence-corrected chi connectivity index (χ1v) is 4.43. The highest BCUT2D eigenvalue weighted by molar-refractivity contribution is 6.08. The van der Waals surface area contributed by atoms with Crippen molar-refractivity contribution < 1.29 is 18.7 Å². The van der Waals surface area contributed by atoms with Gasteiger partial charge in [0.05, 0.1) is 6.42 Å². The summed E-state index contributed by atoms with van der Waals surface area (Å²) in [5.74, 6) is -1.02. The molecule has 0 bridgehead atoms. The smallest absolute Gasteiger partial charge is 0.170 e. The molecule has 0 aliphatic heterocycles. The van der Waals surface area contributed by atoms with Gasteiger partial charge in [-0.2, -0.15) is 0 Å². The second-order valence-electron chi connectivity index (χ2n) is 3.08. The van der Waals surface area contributed by atoms with E-state index in [4.69, 9.17) is 0 Å². The average Bonchev–Trinajstić information content (AvgIpc) is 2.18. The Morgan fingerprint density at radius 1 is 1.27 bits per heavy atom. The van der Waals surface area contributed by atoms with E-state index in [0.29, 0.717) is 5.56 Å². The van der Waals surface area contributed by atoms with Crippen molar-refractivity contribution in [1.29, 1.82) is 0 Å². The molecule has 4 heteroatoms. The maximum Gasteiger partial charge on any atom is 0.170 e. The van der Waals surface area contributed by atoms with Gasteiger partial charge in [-0.25, -0.2) is 4.39 Å². The summed E-state index contributed by atoms with van der Waals surface area (Å²) in [6.07, 6.45) is -0.209. The van der Waals surface area contributed by atoms with E-state index in [1.54, 1.807) is 0 Å². The zero-order valence-corrected chi connectivity index (χ0v) is 8.33. The number of hydrogen-bond donors (Lipinski definition) is 0. The highest BCUT2D eigenvalue weighted by Crippen LogP contribution is 2.06. The van der Waals surface area contributed by atoms with E-state index >= 15 is 0 Å². The Labute approximate surface area is 86.9 Å². The molecule has 0 saturated carbocycles. The lowest BCUT2D eigenvalue weighted by Crippen LogP contribution is -2.12. The number of benzene rings is 1. The van der Waals surface area contributed by atoms with Crippen molar-refractivity contribution in [3.8, 4) is 0 Å². The standard InChI is InChI=1S/C11H11FO3/c1-15-7-10(13)6-11(14)8-2-4-9(12)5-3-8/h2-5H,6-7H2,1H3. The van der Waals surface area contributed by atoms with Gasteiger partial charge in [0.15, 0.2) is 11.6 Å². The molecule has 1 rings (SSSR count). The quantitative estimate of drug-likeness (QED) is 0.547. The molecule has 1 aromatic carbocycles. The van der Waals surface area contributed by atoms with E-state index in [1.165, 1.54) is 31.4 Å². The molecule has 0 spiro atoms. The molecular formula is C11H11FO3. The molecule has 0 fully saturated rings. The molecule has 80 valence electrons. The SMILES string of the molecule is COCC(=O)CC(=O)c1ccc(F)cc1. The molecule has 0 N–H and O–H groups in total. The number of carbonyl (C=O) groups is 2. The second-order valence-corrected chi connectivity index (χ2v) is 3.08. The van der Waals surface area contributed by atoms with E-state index in [0.717, 1.165) is 0 Å². The number of ether oxygens (including phenoxy) is 1. The maximum atomic E-state index is 12.5. The largest absolute Gasteiger partial charge is 0.377 e. The molecule has 0 atom stereocenters. The van der Waals surface area contributed by atoms with Crippen LogP contribution in [0.25, 0.3) is 0 Å². The summed E-state index contributed by atoms with van der Waals surface area (Å²) in [5.41, 5.74) is 0.334. The van der Waals surface area contributed by atoms with Crippen LogP contribution in [0.2, 0.25) is 0 Å².